The zero-order valence-corrected chi connectivity index (χ0v) is 27.0. The van der Waals surface area contributed by atoms with E-state index < -0.39 is 5.41 Å². The monoisotopic (exact) mass is 620 g/mol. The van der Waals surface area contributed by atoms with Crippen LogP contribution in [0.5, 0.6) is 0 Å². The molecule has 0 heterocycles. The van der Waals surface area contributed by atoms with Crippen molar-refractivity contribution in [1.29, 1.82) is 0 Å². The molecule has 228 valence electrons. The van der Waals surface area contributed by atoms with Crippen LogP contribution in [0, 0.1) is 0 Å². The van der Waals surface area contributed by atoms with Gasteiger partial charge in [-0.25, -0.2) is 0 Å². The maximum absolute atomic E-state index is 2.50. The van der Waals surface area contributed by atoms with E-state index in [4.69, 9.17) is 0 Å². The van der Waals surface area contributed by atoms with E-state index in [-0.39, 0.29) is 0 Å². The lowest BCUT2D eigenvalue weighted by molar-refractivity contribution is 0.769. The van der Waals surface area contributed by atoms with Crippen molar-refractivity contribution in [2.24, 2.45) is 0 Å². The number of benzene rings is 9. The average Bonchev–Trinajstić information content (AvgIpc) is 3.48. The molecule has 0 aliphatic heterocycles. The zero-order valence-electron chi connectivity index (χ0n) is 27.0. The Kier molecular flexibility index (Phi) is 6.19. The molecular formula is C49H32. The Bertz CT molecular complexity index is 2650. The lowest BCUT2D eigenvalue weighted by Crippen LogP contribution is -2.28. The van der Waals surface area contributed by atoms with Crippen LogP contribution in [0.15, 0.2) is 194 Å². The van der Waals surface area contributed by atoms with E-state index in [1.54, 1.807) is 0 Å². The first kappa shape index (κ1) is 27.8. The van der Waals surface area contributed by atoms with Crippen molar-refractivity contribution in [3.63, 3.8) is 0 Å². The SMILES string of the molecule is c1ccc(-c2cc3c(c4ccccc24)-c2ccc(-c4cc5ccccc5c5ccccc45)cc2C3(c2ccccc2)c2ccccc2)cc1. The summed E-state index contributed by atoms with van der Waals surface area (Å²) in [5, 5.41) is 7.68. The maximum atomic E-state index is 2.50. The highest BCUT2D eigenvalue weighted by molar-refractivity contribution is 6.14. The molecule has 1 aliphatic carbocycles. The Labute approximate surface area is 286 Å². The van der Waals surface area contributed by atoms with Crippen LogP contribution >= 0.6 is 0 Å². The van der Waals surface area contributed by atoms with Crippen LogP contribution in [0.2, 0.25) is 0 Å². The largest absolute Gasteiger partial charge is 0.0714 e. The van der Waals surface area contributed by atoms with Crippen molar-refractivity contribution >= 4 is 32.3 Å². The topological polar surface area (TPSA) is 0 Å². The molecule has 1 aliphatic rings. The summed E-state index contributed by atoms with van der Waals surface area (Å²) in [4.78, 5) is 0. The molecule has 49 heavy (non-hydrogen) atoms. The summed E-state index contributed by atoms with van der Waals surface area (Å²) in [6.07, 6.45) is 0. The van der Waals surface area contributed by atoms with Crippen LogP contribution < -0.4 is 0 Å². The molecule has 0 nitrogen and oxygen atoms in total. The van der Waals surface area contributed by atoms with Crippen LogP contribution in [0.3, 0.4) is 0 Å². The molecule has 0 fully saturated rings. The lowest BCUT2D eigenvalue weighted by Gasteiger charge is -2.34. The summed E-state index contributed by atoms with van der Waals surface area (Å²) in [7, 11) is 0. The first-order chi connectivity index (χ1) is 24.3. The second kappa shape index (κ2) is 10.9. The van der Waals surface area contributed by atoms with Crippen LogP contribution in [0.1, 0.15) is 22.3 Å². The van der Waals surface area contributed by atoms with Crippen molar-refractivity contribution in [3.8, 4) is 33.4 Å². The van der Waals surface area contributed by atoms with Gasteiger partial charge >= 0.3 is 0 Å². The lowest BCUT2D eigenvalue weighted by atomic mass is 9.67. The van der Waals surface area contributed by atoms with E-state index in [9.17, 15) is 0 Å². The van der Waals surface area contributed by atoms with E-state index in [0.29, 0.717) is 0 Å². The minimum Gasteiger partial charge on any atom is -0.0622 e. The quantitative estimate of drug-likeness (QED) is 0.172. The molecule has 0 unspecified atom stereocenters. The molecule has 0 spiro atoms. The van der Waals surface area contributed by atoms with Crippen molar-refractivity contribution < 1.29 is 0 Å². The Morgan fingerprint density at radius 1 is 0.286 bits per heavy atom. The predicted octanol–water partition coefficient (Wildman–Crippen LogP) is 12.8. The molecule has 0 heteroatoms. The third-order valence-corrected chi connectivity index (χ3v) is 10.7. The van der Waals surface area contributed by atoms with Gasteiger partial charge < -0.3 is 0 Å². The molecule has 10 rings (SSSR count). The summed E-state index contributed by atoms with van der Waals surface area (Å²) >= 11 is 0. The molecule has 0 bridgehead atoms. The molecule has 9 aromatic rings. The normalized spacial score (nSPS) is 13.1. The minimum absolute atomic E-state index is 0.524. The molecule has 0 atom stereocenters. The second-order valence-electron chi connectivity index (χ2n) is 13.2. The van der Waals surface area contributed by atoms with Crippen molar-refractivity contribution in [2.75, 3.05) is 0 Å². The van der Waals surface area contributed by atoms with Gasteiger partial charge in [0.05, 0.1) is 5.41 Å². The van der Waals surface area contributed by atoms with Crippen molar-refractivity contribution in [3.05, 3.63) is 216 Å². The first-order valence-electron chi connectivity index (χ1n) is 17.1. The third kappa shape index (κ3) is 4.04. The van der Waals surface area contributed by atoms with Gasteiger partial charge in [0.15, 0.2) is 0 Å². The van der Waals surface area contributed by atoms with Gasteiger partial charge in [0, 0.05) is 0 Å². The number of hydrogen-bond acceptors (Lipinski definition) is 0. The Morgan fingerprint density at radius 2 is 0.796 bits per heavy atom. The molecule has 0 aromatic heterocycles. The minimum atomic E-state index is -0.524. The predicted molar refractivity (Wildman–Crippen MR) is 207 cm³/mol. The summed E-state index contributed by atoms with van der Waals surface area (Å²) < 4.78 is 0. The molecule has 0 amide bonds. The van der Waals surface area contributed by atoms with Crippen LogP contribution in [0.25, 0.3) is 65.7 Å². The Balaban J connectivity index is 1.37. The summed E-state index contributed by atoms with van der Waals surface area (Å²) in [5.74, 6) is 0. The van der Waals surface area contributed by atoms with Gasteiger partial charge in [-0.1, -0.05) is 176 Å². The second-order valence-corrected chi connectivity index (χ2v) is 13.2. The van der Waals surface area contributed by atoms with Gasteiger partial charge in [-0.15, -0.1) is 0 Å². The number of rotatable bonds is 4. The van der Waals surface area contributed by atoms with Crippen LogP contribution in [-0.2, 0) is 5.41 Å². The highest BCUT2D eigenvalue weighted by Gasteiger charge is 2.47. The van der Waals surface area contributed by atoms with Gasteiger partial charge in [-0.3, -0.25) is 0 Å². The zero-order chi connectivity index (χ0) is 32.4. The van der Waals surface area contributed by atoms with Gasteiger partial charge in [-0.2, -0.15) is 0 Å². The standard InChI is InChI=1S/C49H32/c1-4-16-33(17-5-1)45-32-47-48(42-27-15-14-26-41(42)45)43-29-28-35(44-30-34-18-10-11-23-38(34)39-24-12-13-25-40(39)44)31-46(43)49(47,36-19-6-2-7-20-36)37-21-8-3-9-22-37/h1-32H. The van der Waals surface area contributed by atoms with E-state index in [2.05, 4.69) is 194 Å². The average molecular weight is 621 g/mol. The Hall–Kier alpha value is -6.24. The Morgan fingerprint density at radius 3 is 1.47 bits per heavy atom. The smallest absolute Gasteiger partial charge is 0.0622 e. The highest BCUT2D eigenvalue weighted by Crippen LogP contribution is 2.59. The highest BCUT2D eigenvalue weighted by atomic mass is 14.5. The van der Waals surface area contributed by atoms with E-state index in [1.807, 2.05) is 0 Å². The van der Waals surface area contributed by atoms with Crippen molar-refractivity contribution in [2.45, 2.75) is 5.41 Å². The van der Waals surface area contributed by atoms with E-state index >= 15 is 0 Å². The molecule has 0 radical (unpaired) electrons. The van der Waals surface area contributed by atoms with Crippen molar-refractivity contribution in [1.82, 2.24) is 0 Å². The summed E-state index contributed by atoms with van der Waals surface area (Å²) in [5.41, 5.74) is 12.3. The van der Waals surface area contributed by atoms with Gasteiger partial charge in [-0.05, 0) is 106 Å². The number of hydrogen-bond donors (Lipinski definition) is 0. The molecule has 0 saturated carbocycles. The fourth-order valence-corrected chi connectivity index (χ4v) is 8.66. The van der Waals surface area contributed by atoms with Gasteiger partial charge in [0.1, 0.15) is 0 Å². The third-order valence-electron chi connectivity index (χ3n) is 10.7. The molecular weight excluding hydrogens is 589 g/mol. The summed E-state index contributed by atoms with van der Waals surface area (Å²) in [6.45, 7) is 0. The van der Waals surface area contributed by atoms with Gasteiger partial charge in [0.25, 0.3) is 0 Å². The van der Waals surface area contributed by atoms with E-state index in [1.165, 1.54) is 88.0 Å². The fraction of sp³-hybridized carbons (Fsp3) is 0.0204. The van der Waals surface area contributed by atoms with E-state index in [0.717, 1.165) is 0 Å². The first-order valence-corrected chi connectivity index (χ1v) is 17.1. The van der Waals surface area contributed by atoms with Crippen LogP contribution in [0.4, 0.5) is 0 Å². The number of fused-ring (bicyclic) bond motifs is 8. The van der Waals surface area contributed by atoms with Crippen LogP contribution in [-0.4, -0.2) is 0 Å². The van der Waals surface area contributed by atoms with Gasteiger partial charge in [0.2, 0.25) is 0 Å². The molecule has 9 aromatic carbocycles. The maximum Gasteiger partial charge on any atom is 0.0714 e. The summed E-state index contributed by atoms with van der Waals surface area (Å²) in [6, 6.07) is 71.9. The fourth-order valence-electron chi connectivity index (χ4n) is 8.66. The molecule has 0 N–H and O–H groups in total. The molecule has 0 saturated heterocycles.